The maximum Gasteiger partial charge on any atom is 0.227 e. The van der Waals surface area contributed by atoms with E-state index in [0.29, 0.717) is 18.5 Å². The Morgan fingerprint density at radius 3 is 2.94 bits per heavy atom. The van der Waals surface area contributed by atoms with Gasteiger partial charge in [0.05, 0.1) is 6.42 Å². The van der Waals surface area contributed by atoms with Crippen LogP contribution in [-0.4, -0.2) is 36.0 Å². The molecule has 0 saturated carbocycles. The Morgan fingerprint density at radius 1 is 1.44 bits per heavy atom. The van der Waals surface area contributed by atoms with Gasteiger partial charge in [-0.3, -0.25) is 4.79 Å². The van der Waals surface area contributed by atoms with E-state index in [2.05, 4.69) is 38.2 Å². The van der Waals surface area contributed by atoms with Crippen LogP contribution < -0.4 is 5.32 Å². The largest absolute Gasteiger partial charge is 0.337 e. The lowest BCUT2D eigenvalue weighted by Crippen LogP contribution is -2.56. The SMILES string of the molecule is Cc1cccc(CC(=O)N2CC(C)NCC2C)c1. The van der Waals surface area contributed by atoms with Crippen LogP contribution in [0.2, 0.25) is 0 Å². The molecule has 18 heavy (non-hydrogen) atoms. The first-order valence-electron chi connectivity index (χ1n) is 6.64. The fraction of sp³-hybridized carbons (Fsp3) is 0.533. The Labute approximate surface area is 109 Å². The number of amides is 1. The Bertz CT molecular complexity index is 430. The predicted octanol–water partition coefficient (Wildman–Crippen LogP) is 1.75. The van der Waals surface area contributed by atoms with Crippen molar-refractivity contribution in [1.82, 2.24) is 10.2 Å². The van der Waals surface area contributed by atoms with Crippen LogP contribution in [0.4, 0.5) is 0 Å². The van der Waals surface area contributed by atoms with Gasteiger partial charge in [-0.05, 0) is 26.3 Å². The first-order chi connectivity index (χ1) is 8.56. The second kappa shape index (κ2) is 5.53. The summed E-state index contributed by atoms with van der Waals surface area (Å²) in [5.41, 5.74) is 2.32. The van der Waals surface area contributed by atoms with Crippen LogP contribution in [0.1, 0.15) is 25.0 Å². The second-order valence-electron chi connectivity index (χ2n) is 5.37. The standard InChI is InChI=1S/C15H22N2O/c1-11-5-4-6-14(7-11)8-15(18)17-10-12(2)16-9-13(17)3/h4-7,12-13,16H,8-10H2,1-3H3. The van der Waals surface area contributed by atoms with Gasteiger partial charge in [-0.2, -0.15) is 0 Å². The molecular weight excluding hydrogens is 224 g/mol. The van der Waals surface area contributed by atoms with Gasteiger partial charge >= 0.3 is 0 Å². The summed E-state index contributed by atoms with van der Waals surface area (Å²) in [7, 11) is 0. The zero-order valence-electron chi connectivity index (χ0n) is 11.4. The molecule has 1 heterocycles. The van der Waals surface area contributed by atoms with E-state index in [1.807, 2.05) is 17.0 Å². The van der Waals surface area contributed by atoms with Gasteiger partial charge in [-0.1, -0.05) is 29.8 Å². The highest BCUT2D eigenvalue weighted by atomic mass is 16.2. The lowest BCUT2D eigenvalue weighted by atomic mass is 10.1. The van der Waals surface area contributed by atoms with Gasteiger partial charge in [0.2, 0.25) is 5.91 Å². The normalized spacial score (nSPS) is 24.1. The summed E-state index contributed by atoms with van der Waals surface area (Å²) in [6.45, 7) is 7.99. The molecule has 0 aromatic heterocycles. The molecule has 98 valence electrons. The van der Waals surface area contributed by atoms with Crippen LogP contribution in [0.3, 0.4) is 0 Å². The van der Waals surface area contributed by atoms with E-state index in [9.17, 15) is 4.79 Å². The van der Waals surface area contributed by atoms with Crippen molar-refractivity contribution in [2.75, 3.05) is 13.1 Å². The number of benzene rings is 1. The number of nitrogens with zero attached hydrogens (tertiary/aromatic N) is 1. The summed E-state index contributed by atoms with van der Waals surface area (Å²) in [6, 6.07) is 8.88. The fourth-order valence-corrected chi connectivity index (χ4v) is 2.47. The van der Waals surface area contributed by atoms with Crippen LogP contribution >= 0.6 is 0 Å². The molecule has 2 rings (SSSR count). The summed E-state index contributed by atoms with van der Waals surface area (Å²) < 4.78 is 0. The fourth-order valence-electron chi connectivity index (χ4n) is 2.47. The number of hydrogen-bond acceptors (Lipinski definition) is 2. The Balaban J connectivity index is 2.02. The minimum atomic E-state index is 0.237. The minimum Gasteiger partial charge on any atom is -0.337 e. The van der Waals surface area contributed by atoms with E-state index in [-0.39, 0.29) is 5.91 Å². The zero-order chi connectivity index (χ0) is 13.1. The molecule has 1 amide bonds. The number of carbonyl (C=O) groups excluding carboxylic acids is 1. The van der Waals surface area contributed by atoms with Crippen molar-refractivity contribution in [2.45, 2.75) is 39.3 Å². The Morgan fingerprint density at radius 2 is 2.22 bits per heavy atom. The quantitative estimate of drug-likeness (QED) is 0.862. The van der Waals surface area contributed by atoms with Crippen molar-refractivity contribution in [3.8, 4) is 0 Å². The van der Waals surface area contributed by atoms with Gasteiger partial charge in [0.25, 0.3) is 0 Å². The van der Waals surface area contributed by atoms with Crippen molar-refractivity contribution in [2.24, 2.45) is 0 Å². The molecule has 1 saturated heterocycles. The molecule has 3 heteroatoms. The average Bonchev–Trinajstić information content (AvgIpc) is 2.32. The molecule has 0 aliphatic carbocycles. The first kappa shape index (κ1) is 13.1. The van der Waals surface area contributed by atoms with Gasteiger partial charge in [-0.25, -0.2) is 0 Å². The lowest BCUT2D eigenvalue weighted by molar-refractivity contribution is -0.133. The van der Waals surface area contributed by atoms with E-state index in [1.165, 1.54) is 5.56 Å². The number of piperazine rings is 1. The number of aryl methyl sites for hydroxylation is 1. The monoisotopic (exact) mass is 246 g/mol. The van der Waals surface area contributed by atoms with E-state index < -0.39 is 0 Å². The molecule has 2 atom stereocenters. The molecule has 1 fully saturated rings. The second-order valence-corrected chi connectivity index (χ2v) is 5.37. The molecule has 1 aliphatic heterocycles. The molecule has 1 aromatic rings. The van der Waals surface area contributed by atoms with Crippen molar-refractivity contribution < 1.29 is 4.79 Å². The van der Waals surface area contributed by atoms with E-state index in [1.54, 1.807) is 0 Å². The van der Waals surface area contributed by atoms with Crippen LogP contribution in [0.25, 0.3) is 0 Å². The van der Waals surface area contributed by atoms with E-state index in [4.69, 9.17) is 0 Å². The molecule has 1 aromatic carbocycles. The van der Waals surface area contributed by atoms with Crippen LogP contribution in [0, 0.1) is 6.92 Å². The number of rotatable bonds is 2. The maximum absolute atomic E-state index is 12.3. The molecule has 2 unspecified atom stereocenters. The molecule has 1 N–H and O–H groups in total. The predicted molar refractivity (Wildman–Crippen MR) is 73.5 cm³/mol. The van der Waals surface area contributed by atoms with E-state index in [0.717, 1.165) is 18.7 Å². The summed E-state index contributed by atoms with van der Waals surface area (Å²) in [5.74, 6) is 0.237. The minimum absolute atomic E-state index is 0.237. The van der Waals surface area contributed by atoms with Gasteiger partial charge < -0.3 is 10.2 Å². The molecular formula is C15H22N2O. The number of hydrogen-bond donors (Lipinski definition) is 1. The molecule has 0 spiro atoms. The highest BCUT2D eigenvalue weighted by Crippen LogP contribution is 2.11. The third-order valence-corrected chi connectivity index (χ3v) is 3.52. The average molecular weight is 246 g/mol. The third kappa shape index (κ3) is 3.10. The summed E-state index contributed by atoms with van der Waals surface area (Å²) >= 11 is 0. The van der Waals surface area contributed by atoms with Crippen molar-refractivity contribution in [3.05, 3.63) is 35.4 Å². The van der Waals surface area contributed by atoms with Crippen LogP contribution in [-0.2, 0) is 11.2 Å². The summed E-state index contributed by atoms with van der Waals surface area (Å²) in [4.78, 5) is 14.3. The zero-order valence-corrected chi connectivity index (χ0v) is 11.4. The van der Waals surface area contributed by atoms with Crippen LogP contribution in [0.15, 0.2) is 24.3 Å². The third-order valence-electron chi connectivity index (χ3n) is 3.52. The van der Waals surface area contributed by atoms with Crippen molar-refractivity contribution in [3.63, 3.8) is 0 Å². The molecule has 0 bridgehead atoms. The van der Waals surface area contributed by atoms with Gasteiger partial charge in [0.1, 0.15) is 0 Å². The molecule has 0 radical (unpaired) electrons. The molecule has 3 nitrogen and oxygen atoms in total. The highest BCUT2D eigenvalue weighted by molar-refractivity contribution is 5.79. The smallest absolute Gasteiger partial charge is 0.227 e. The lowest BCUT2D eigenvalue weighted by Gasteiger charge is -2.37. The topological polar surface area (TPSA) is 32.3 Å². The Kier molecular flexibility index (Phi) is 4.02. The van der Waals surface area contributed by atoms with Crippen LogP contribution in [0.5, 0.6) is 0 Å². The first-order valence-corrected chi connectivity index (χ1v) is 6.64. The Hall–Kier alpha value is -1.35. The number of carbonyl (C=O) groups is 1. The van der Waals surface area contributed by atoms with Gasteiger partial charge in [-0.15, -0.1) is 0 Å². The van der Waals surface area contributed by atoms with Crippen molar-refractivity contribution >= 4 is 5.91 Å². The number of nitrogens with one attached hydrogen (secondary N) is 1. The summed E-state index contributed by atoms with van der Waals surface area (Å²) in [5, 5.41) is 3.40. The van der Waals surface area contributed by atoms with Gasteiger partial charge in [0, 0.05) is 25.2 Å². The van der Waals surface area contributed by atoms with Gasteiger partial charge in [0.15, 0.2) is 0 Å². The molecule has 1 aliphatic rings. The highest BCUT2D eigenvalue weighted by Gasteiger charge is 2.26. The van der Waals surface area contributed by atoms with Crippen molar-refractivity contribution in [1.29, 1.82) is 0 Å². The summed E-state index contributed by atoms with van der Waals surface area (Å²) in [6.07, 6.45) is 0.513. The van der Waals surface area contributed by atoms with E-state index >= 15 is 0 Å². The maximum atomic E-state index is 12.3.